The summed E-state index contributed by atoms with van der Waals surface area (Å²) in [5, 5.41) is 3.58. The monoisotopic (exact) mass is 237 g/mol. The molecule has 2 heteroatoms. The smallest absolute Gasteiger partial charge is 0.0840 e. The summed E-state index contributed by atoms with van der Waals surface area (Å²) in [5.41, 5.74) is -0.0337. The molecule has 0 radical (unpaired) electrons. The first-order chi connectivity index (χ1) is 8.18. The van der Waals surface area contributed by atoms with E-state index < -0.39 is 0 Å². The second-order valence-corrected chi connectivity index (χ2v) is 5.37. The molecule has 0 amide bonds. The summed E-state index contributed by atoms with van der Waals surface area (Å²) >= 11 is 0. The highest BCUT2D eigenvalue weighted by Crippen LogP contribution is 2.37. The Labute approximate surface area is 107 Å². The minimum absolute atomic E-state index is 0.0337. The van der Waals surface area contributed by atoms with Gasteiger partial charge in [-0.05, 0) is 44.6 Å². The third-order valence-corrected chi connectivity index (χ3v) is 4.12. The molecule has 1 aliphatic rings. The topological polar surface area (TPSA) is 21.3 Å². The molecule has 98 valence electrons. The van der Waals surface area contributed by atoms with Gasteiger partial charge in [-0.1, -0.05) is 13.8 Å². The van der Waals surface area contributed by atoms with Crippen LogP contribution in [0.1, 0.15) is 52.4 Å². The molecule has 0 heterocycles. The predicted octanol–water partition coefficient (Wildman–Crippen LogP) is 2.97. The van der Waals surface area contributed by atoms with E-state index in [2.05, 4.69) is 25.1 Å². The fraction of sp³-hybridized carbons (Fsp3) is 0.867. The largest absolute Gasteiger partial charge is 0.377 e. The van der Waals surface area contributed by atoms with Crippen molar-refractivity contribution in [3.05, 3.63) is 0 Å². The molecule has 1 unspecified atom stereocenters. The van der Waals surface area contributed by atoms with E-state index in [-0.39, 0.29) is 5.60 Å². The van der Waals surface area contributed by atoms with Gasteiger partial charge in [0.15, 0.2) is 0 Å². The van der Waals surface area contributed by atoms with Crippen LogP contribution in [-0.2, 0) is 4.74 Å². The maximum atomic E-state index is 5.88. The van der Waals surface area contributed by atoms with Crippen molar-refractivity contribution in [1.82, 2.24) is 5.32 Å². The van der Waals surface area contributed by atoms with Gasteiger partial charge in [-0.15, -0.1) is 12.3 Å². The molecule has 0 aromatic carbocycles. The first-order valence-corrected chi connectivity index (χ1v) is 6.90. The average Bonchev–Trinajstić information content (AvgIpc) is 2.36. The van der Waals surface area contributed by atoms with Crippen LogP contribution in [0.4, 0.5) is 0 Å². The highest BCUT2D eigenvalue weighted by Gasteiger charge is 2.40. The summed E-state index contributed by atoms with van der Waals surface area (Å²) in [5.74, 6) is 3.63. The average molecular weight is 237 g/mol. The Bertz CT molecular complexity index is 248. The van der Waals surface area contributed by atoms with Crippen LogP contribution < -0.4 is 5.32 Å². The van der Waals surface area contributed by atoms with Gasteiger partial charge in [-0.2, -0.15) is 0 Å². The normalized spacial score (nSPS) is 30.8. The second kappa shape index (κ2) is 7.03. The van der Waals surface area contributed by atoms with Gasteiger partial charge in [0.1, 0.15) is 0 Å². The van der Waals surface area contributed by atoms with Crippen LogP contribution in [0, 0.1) is 18.3 Å². The van der Waals surface area contributed by atoms with E-state index in [1.807, 2.05) is 7.11 Å². The van der Waals surface area contributed by atoms with Gasteiger partial charge in [0.2, 0.25) is 0 Å². The van der Waals surface area contributed by atoms with Crippen molar-refractivity contribution >= 4 is 0 Å². The highest BCUT2D eigenvalue weighted by molar-refractivity contribution is 5.02. The van der Waals surface area contributed by atoms with Crippen LogP contribution in [0.25, 0.3) is 0 Å². The Balaban J connectivity index is 2.69. The number of hydrogen-bond donors (Lipinski definition) is 1. The molecule has 0 bridgehead atoms. The Morgan fingerprint density at radius 1 is 1.47 bits per heavy atom. The van der Waals surface area contributed by atoms with Crippen molar-refractivity contribution in [2.24, 2.45) is 5.92 Å². The van der Waals surface area contributed by atoms with Gasteiger partial charge in [-0.3, -0.25) is 0 Å². The zero-order chi connectivity index (χ0) is 12.7. The van der Waals surface area contributed by atoms with Crippen LogP contribution in [0.5, 0.6) is 0 Å². The van der Waals surface area contributed by atoms with Gasteiger partial charge in [-0.25, -0.2) is 0 Å². The van der Waals surface area contributed by atoms with Crippen molar-refractivity contribution in [3.8, 4) is 12.3 Å². The molecule has 1 saturated carbocycles. The molecule has 1 rings (SSSR count). The van der Waals surface area contributed by atoms with E-state index in [0.29, 0.717) is 6.04 Å². The summed E-state index contributed by atoms with van der Waals surface area (Å²) in [4.78, 5) is 0. The first kappa shape index (κ1) is 14.5. The Morgan fingerprint density at radius 3 is 2.59 bits per heavy atom. The second-order valence-electron chi connectivity index (χ2n) is 5.37. The molecule has 0 aromatic heterocycles. The van der Waals surface area contributed by atoms with Crippen LogP contribution in [0.2, 0.25) is 0 Å². The molecule has 0 saturated heterocycles. The van der Waals surface area contributed by atoms with Gasteiger partial charge >= 0.3 is 0 Å². The van der Waals surface area contributed by atoms with Crippen LogP contribution in [0.15, 0.2) is 0 Å². The maximum absolute atomic E-state index is 5.88. The SMILES string of the molecule is C#CCC(NCCC)C1(OC)CCC(C)CC1. The lowest BCUT2D eigenvalue weighted by atomic mass is 9.74. The Morgan fingerprint density at radius 2 is 2.12 bits per heavy atom. The number of hydrogen-bond acceptors (Lipinski definition) is 2. The standard InChI is InChI=1S/C15H27NO/c1-5-7-14(16-12-6-2)15(17-4)10-8-13(3)9-11-15/h1,13-14,16H,6-12H2,2-4H3. The number of ether oxygens (including phenoxy) is 1. The molecule has 1 fully saturated rings. The minimum atomic E-state index is -0.0337. The summed E-state index contributed by atoms with van der Waals surface area (Å²) in [7, 11) is 1.84. The lowest BCUT2D eigenvalue weighted by Gasteiger charge is -2.44. The maximum Gasteiger partial charge on any atom is 0.0840 e. The number of methoxy groups -OCH3 is 1. The number of terminal acetylenes is 1. The summed E-state index contributed by atoms with van der Waals surface area (Å²) < 4.78 is 5.88. The summed E-state index contributed by atoms with van der Waals surface area (Å²) in [6.07, 6.45) is 12.2. The van der Waals surface area contributed by atoms with Gasteiger partial charge in [0, 0.05) is 19.6 Å². The zero-order valence-electron chi connectivity index (χ0n) is 11.6. The lowest BCUT2D eigenvalue weighted by Crippen LogP contribution is -2.53. The molecule has 0 aliphatic heterocycles. The first-order valence-electron chi connectivity index (χ1n) is 6.90. The third kappa shape index (κ3) is 3.72. The van der Waals surface area contributed by atoms with Gasteiger partial charge < -0.3 is 10.1 Å². The Hall–Kier alpha value is -0.520. The number of nitrogens with one attached hydrogen (secondary N) is 1. The lowest BCUT2D eigenvalue weighted by molar-refractivity contribution is -0.0734. The predicted molar refractivity (Wildman–Crippen MR) is 72.9 cm³/mol. The molecular formula is C15H27NO. The quantitative estimate of drug-likeness (QED) is 0.717. The third-order valence-electron chi connectivity index (χ3n) is 4.12. The molecular weight excluding hydrogens is 210 g/mol. The zero-order valence-corrected chi connectivity index (χ0v) is 11.6. The van der Waals surface area contributed by atoms with E-state index in [1.165, 1.54) is 12.8 Å². The van der Waals surface area contributed by atoms with Crippen molar-refractivity contribution < 1.29 is 4.74 Å². The van der Waals surface area contributed by atoms with E-state index in [0.717, 1.165) is 38.1 Å². The fourth-order valence-electron chi connectivity index (χ4n) is 2.83. The Kier molecular flexibility index (Phi) is 6.02. The van der Waals surface area contributed by atoms with E-state index in [1.54, 1.807) is 0 Å². The van der Waals surface area contributed by atoms with E-state index in [9.17, 15) is 0 Å². The van der Waals surface area contributed by atoms with Crippen molar-refractivity contribution in [2.45, 2.75) is 64.0 Å². The fourth-order valence-corrected chi connectivity index (χ4v) is 2.83. The molecule has 1 atom stereocenters. The van der Waals surface area contributed by atoms with E-state index in [4.69, 9.17) is 11.2 Å². The molecule has 0 spiro atoms. The van der Waals surface area contributed by atoms with Crippen LogP contribution in [0.3, 0.4) is 0 Å². The van der Waals surface area contributed by atoms with Crippen molar-refractivity contribution in [3.63, 3.8) is 0 Å². The molecule has 0 aromatic rings. The van der Waals surface area contributed by atoms with E-state index >= 15 is 0 Å². The molecule has 1 N–H and O–H groups in total. The summed E-state index contributed by atoms with van der Waals surface area (Å²) in [6, 6.07) is 0.310. The van der Waals surface area contributed by atoms with Crippen LogP contribution >= 0.6 is 0 Å². The molecule has 2 nitrogen and oxygen atoms in total. The highest BCUT2D eigenvalue weighted by atomic mass is 16.5. The minimum Gasteiger partial charge on any atom is -0.377 e. The summed E-state index contributed by atoms with van der Waals surface area (Å²) in [6.45, 7) is 5.53. The van der Waals surface area contributed by atoms with Crippen molar-refractivity contribution in [2.75, 3.05) is 13.7 Å². The van der Waals surface area contributed by atoms with Gasteiger partial charge in [0.25, 0.3) is 0 Å². The van der Waals surface area contributed by atoms with Gasteiger partial charge in [0.05, 0.1) is 5.60 Å². The van der Waals surface area contributed by atoms with Crippen LogP contribution in [-0.4, -0.2) is 25.3 Å². The van der Waals surface area contributed by atoms with Crippen molar-refractivity contribution in [1.29, 1.82) is 0 Å². The molecule has 17 heavy (non-hydrogen) atoms. The number of rotatable bonds is 6. The molecule has 1 aliphatic carbocycles.